The fourth-order valence-corrected chi connectivity index (χ4v) is 3.40. The molecule has 150 valence electrons. The van der Waals surface area contributed by atoms with Gasteiger partial charge in [-0.15, -0.1) is 0 Å². The molecule has 0 fully saturated rings. The van der Waals surface area contributed by atoms with Crippen LogP contribution in [0.1, 0.15) is 5.56 Å². The Bertz CT molecular complexity index is 1000. The van der Waals surface area contributed by atoms with E-state index in [1.54, 1.807) is 11.7 Å². The minimum Gasteiger partial charge on any atom is -0.497 e. The van der Waals surface area contributed by atoms with Crippen molar-refractivity contribution in [1.29, 1.82) is 0 Å². The molecule has 1 aliphatic rings. The molecule has 0 N–H and O–H groups in total. The van der Waals surface area contributed by atoms with Crippen LogP contribution in [0.4, 0.5) is 5.82 Å². The van der Waals surface area contributed by atoms with Crippen molar-refractivity contribution in [2.75, 3.05) is 26.8 Å². The molecule has 8 nitrogen and oxygen atoms in total. The summed E-state index contributed by atoms with van der Waals surface area (Å²) in [6.07, 6.45) is 1.43. The molecule has 29 heavy (non-hydrogen) atoms. The van der Waals surface area contributed by atoms with Crippen LogP contribution in [0.25, 0.3) is 11.1 Å². The zero-order valence-corrected chi connectivity index (χ0v) is 16.2. The molecule has 0 radical (unpaired) electrons. The van der Waals surface area contributed by atoms with Crippen LogP contribution in [0, 0.1) is 10.1 Å². The van der Waals surface area contributed by atoms with Gasteiger partial charge in [0.1, 0.15) is 18.6 Å². The van der Waals surface area contributed by atoms with Crippen LogP contribution in [0.5, 0.6) is 11.8 Å². The summed E-state index contributed by atoms with van der Waals surface area (Å²) in [6, 6.07) is 16.8. The Kier molecular flexibility index (Phi) is 5.44. The predicted octanol–water partition coefficient (Wildman–Crippen LogP) is 3.36. The summed E-state index contributed by atoms with van der Waals surface area (Å²) in [6.45, 7) is 3.32. The largest absolute Gasteiger partial charge is 0.497 e. The Balaban J connectivity index is 1.42. The second-order valence-electron chi connectivity index (χ2n) is 6.89. The third kappa shape index (κ3) is 4.38. The lowest BCUT2D eigenvalue weighted by atomic mass is 10.0. The van der Waals surface area contributed by atoms with E-state index in [0.717, 1.165) is 36.5 Å². The molecule has 2 heterocycles. The smallest absolute Gasteiger partial charge is 0.414 e. The van der Waals surface area contributed by atoms with Crippen LogP contribution in [0.15, 0.2) is 54.7 Å². The number of hydrogen-bond acceptors (Lipinski definition) is 6. The van der Waals surface area contributed by atoms with Crippen LogP contribution in [-0.4, -0.2) is 46.2 Å². The number of fused-ring (bicyclic) bond motifs is 1. The van der Waals surface area contributed by atoms with Crippen molar-refractivity contribution in [3.05, 3.63) is 70.4 Å². The predicted molar refractivity (Wildman–Crippen MR) is 108 cm³/mol. The van der Waals surface area contributed by atoms with Crippen molar-refractivity contribution >= 4 is 5.82 Å². The molecular formula is C21H22N4O4. The summed E-state index contributed by atoms with van der Waals surface area (Å²) in [5.74, 6) is 0.660. The van der Waals surface area contributed by atoms with Gasteiger partial charge in [0, 0.05) is 31.2 Å². The SMILES string of the molecule is COc1cccc(-c2ccc(CN3CCOc4nc([N+](=O)[O-])cn4CC3)cc2)c1. The number of nitro groups is 1. The molecule has 0 aliphatic carbocycles. The summed E-state index contributed by atoms with van der Waals surface area (Å²) >= 11 is 0. The molecule has 8 heteroatoms. The second-order valence-corrected chi connectivity index (χ2v) is 6.89. The van der Waals surface area contributed by atoms with E-state index >= 15 is 0 Å². The number of hydrogen-bond donors (Lipinski definition) is 0. The van der Waals surface area contributed by atoms with E-state index < -0.39 is 4.92 Å². The number of nitrogens with zero attached hydrogens (tertiary/aromatic N) is 4. The molecule has 0 spiro atoms. The van der Waals surface area contributed by atoms with Gasteiger partial charge in [-0.1, -0.05) is 36.4 Å². The highest BCUT2D eigenvalue weighted by Crippen LogP contribution is 2.25. The van der Waals surface area contributed by atoms with Gasteiger partial charge >= 0.3 is 11.8 Å². The maximum atomic E-state index is 10.9. The summed E-state index contributed by atoms with van der Waals surface area (Å²) in [4.78, 5) is 16.6. The van der Waals surface area contributed by atoms with Crippen molar-refractivity contribution in [3.8, 4) is 22.9 Å². The lowest BCUT2D eigenvalue weighted by Crippen LogP contribution is -2.33. The first kappa shape index (κ1) is 18.9. The molecular weight excluding hydrogens is 372 g/mol. The van der Waals surface area contributed by atoms with Gasteiger partial charge in [0.15, 0.2) is 0 Å². The molecule has 0 bridgehead atoms. The fraction of sp³-hybridized carbons (Fsp3) is 0.286. The monoisotopic (exact) mass is 394 g/mol. The minimum absolute atomic E-state index is 0.179. The fourth-order valence-electron chi connectivity index (χ4n) is 3.40. The van der Waals surface area contributed by atoms with E-state index in [4.69, 9.17) is 9.47 Å². The topological polar surface area (TPSA) is 82.7 Å². The van der Waals surface area contributed by atoms with Gasteiger partial charge in [-0.2, -0.15) is 0 Å². The molecule has 1 aromatic heterocycles. The molecule has 1 aliphatic heterocycles. The van der Waals surface area contributed by atoms with Crippen molar-refractivity contribution in [3.63, 3.8) is 0 Å². The van der Waals surface area contributed by atoms with E-state index in [-0.39, 0.29) is 5.82 Å². The number of aromatic nitrogens is 2. The van der Waals surface area contributed by atoms with Crippen molar-refractivity contribution in [1.82, 2.24) is 14.5 Å². The highest BCUT2D eigenvalue weighted by Gasteiger charge is 2.22. The van der Waals surface area contributed by atoms with Crippen molar-refractivity contribution in [2.24, 2.45) is 0 Å². The number of methoxy groups -OCH3 is 1. The summed E-state index contributed by atoms with van der Waals surface area (Å²) in [5.41, 5.74) is 3.46. The number of imidazole rings is 1. The molecule has 0 atom stereocenters. The number of ether oxygens (including phenoxy) is 2. The quantitative estimate of drug-likeness (QED) is 0.487. The number of benzene rings is 2. The zero-order chi connectivity index (χ0) is 20.2. The average molecular weight is 394 g/mol. The van der Waals surface area contributed by atoms with E-state index in [1.165, 1.54) is 11.8 Å². The van der Waals surface area contributed by atoms with Crippen LogP contribution < -0.4 is 9.47 Å². The summed E-state index contributed by atoms with van der Waals surface area (Å²) < 4.78 is 12.6. The first-order valence-corrected chi connectivity index (χ1v) is 9.42. The van der Waals surface area contributed by atoms with Gasteiger partial charge in [0.2, 0.25) is 0 Å². The highest BCUT2D eigenvalue weighted by atomic mass is 16.6. The van der Waals surface area contributed by atoms with E-state index in [0.29, 0.717) is 19.2 Å². The molecule has 2 aromatic carbocycles. The zero-order valence-electron chi connectivity index (χ0n) is 16.2. The van der Waals surface area contributed by atoms with E-state index in [9.17, 15) is 10.1 Å². The van der Waals surface area contributed by atoms with Gasteiger partial charge in [0.05, 0.1) is 7.11 Å². The first-order chi connectivity index (χ1) is 14.1. The molecule has 0 saturated carbocycles. The maximum Gasteiger partial charge on any atom is 0.414 e. The molecule has 0 amide bonds. The Morgan fingerprint density at radius 1 is 1.14 bits per heavy atom. The minimum atomic E-state index is -0.497. The average Bonchev–Trinajstić information content (AvgIpc) is 3.13. The molecule has 0 unspecified atom stereocenters. The van der Waals surface area contributed by atoms with Gasteiger partial charge in [-0.3, -0.25) is 9.47 Å². The standard InChI is InChI=1S/C21H22N4O4/c1-28-19-4-2-3-18(13-19)17-7-5-16(6-8-17)14-23-9-10-24-15-20(25(26)27)22-21(24)29-12-11-23/h2-8,13,15H,9-12,14H2,1H3. The Hall–Kier alpha value is -3.39. The van der Waals surface area contributed by atoms with Gasteiger partial charge in [-0.25, -0.2) is 0 Å². The molecule has 3 aromatic rings. The van der Waals surface area contributed by atoms with Crippen molar-refractivity contribution in [2.45, 2.75) is 13.1 Å². The van der Waals surface area contributed by atoms with E-state index in [2.05, 4.69) is 40.2 Å². The lowest BCUT2D eigenvalue weighted by molar-refractivity contribution is -0.389. The van der Waals surface area contributed by atoms with Crippen LogP contribution in [0.2, 0.25) is 0 Å². The van der Waals surface area contributed by atoms with E-state index in [1.807, 2.05) is 18.2 Å². The lowest BCUT2D eigenvalue weighted by Gasteiger charge is -2.24. The highest BCUT2D eigenvalue weighted by molar-refractivity contribution is 5.65. The van der Waals surface area contributed by atoms with Crippen LogP contribution in [0.3, 0.4) is 0 Å². The summed E-state index contributed by atoms with van der Waals surface area (Å²) in [7, 11) is 1.67. The van der Waals surface area contributed by atoms with Crippen molar-refractivity contribution < 1.29 is 14.4 Å². The van der Waals surface area contributed by atoms with Gasteiger partial charge < -0.3 is 19.6 Å². The molecule has 4 rings (SSSR count). The van der Waals surface area contributed by atoms with Gasteiger partial charge in [0.25, 0.3) is 0 Å². The maximum absolute atomic E-state index is 10.9. The first-order valence-electron chi connectivity index (χ1n) is 9.42. The number of rotatable bonds is 5. The van der Waals surface area contributed by atoms with Gasteiger partial charge in [-0.05, 0) is 33.7 Å². The third-order valence-electron chi connectivity index (χ3n) is 4.97. The Morgan fingerprint density at radius 3 is 2.72 bits per heavy atom. The summed E-state index contributed by atoms with van der Waals surface area (Å²) in [5, 5.41) is 10.9. The van der Waals surface area contributed by atoms with Crippen LogP contribution in [-0.2, 0) is 13.1 Å². The second kappa shape index (κ2) is 8.32. The molecule has 0 saturated heterocycles. The van der Waals surface area contributed by atoms with Crippen LogP contribution >= 0.6 is 0 Å². The Labute approximate surface area is 168 Å². The normalized spacial score (nSPS) is 14.4. The third-order valence-corrected chi connectivity index (χ3v) is 4.97. The Morgan fingerprint density at radius 2 is 1.97 bits per heavy atom.